The van der Waals surface area contributed by atoms with E-state index in [2.05, 4.69) is 5.32 Å². The number of hydrogen-bond donors (Lipinski definition) is 2. The highest BCUT2D eigenvalue weighted by atomic mass is 35.5. The number of carbonyl (C=O) groups excluding carboxylic acids is 1. The molecular formula is C18H20ClNO2. The molecule has 0 radical (unpaired) electrons. The van der Waals surface area contributed by atoms with Crippen LogP contribution in [0.15, 0.2) is 48.5 Å². The van der Waals surface area contributed by atoms with Gasteiger partial charge in [0.15, 0.2) is 0 Å². The molecule has 0 spiro atoms. The minimum Gasteiger partial charge on any atom is -0.386 e. The Morgan fingerprint density at radius 2 is 1.59 bits per heavy atom. The van der Waals surface area contributed by atoms with Crippen LogP contribution < -0.4 is 5.32 Å². The highest BCUT2D eigenvalue weighted by Gasteiger charge is 2.15. The van der Waals surface area contributed by atoms with Gasteiger partial charge in [-0.1, -0.05) is 48.0 Å². The predicted octanol–water partition coefficient (Wildman–Crippen LogP) is 3.43. The average molecular weight is 318 g/mol. The van der Waals surface area contributed by atoms with Gasteiger partial charge in [-0.05, 0) is 42.7 Å². The zero-order valence-electron chi connectivity index (χ0n) is 12.8. The molecule has 1 amide bonds. The highest BCUT2D eigenvalue weighted by Crippen LogP contribution is 2.19. The van der Waals surface area contributed by atoms with E-state index in [4.69, 9.17) is 11.6 Å². The van der Waals surface area contributed by atoms with E-state index in [-0.39, 0.29) is 5.91 Å². The first-order chi connectivity index (χ1) is 10.3. The zero-order chi connectivity index (χ0) is 16.2. The van der Waals surface area contributed by atoms with Gasteiger partial charge in [-0.2, -0.15) is 0 Å². The molecule has 4 heteroatoms. The van der Waals surface area contributed by atoms with Crippen molar-refractivity contribution in [3.8, 4) is 0 Å². The van der Waals surface area contributed by atoms with Gasteiger partial charge in [0.25, 0.3) is 0 Å². The van der Waals surface area contributed by atoms with Crippen LogP contribution in [0.3, 0.4) is 0 Å². The number of nitrogens with one attached hydrogen (secondary N) is 1. The Bertz CT molecular complexity index is 628. The quantitative estimate of drug-likeness (QED) is 0.887. The molecule has 0 heterocycles. The first-order valence-corrected chi connectivity index (χ1v) is 7.55. The SMILES string of the molecule is CC(C)(O)c1ccc(CNC(=O)Cc2ccc(Cl)cc2)cc1. The monoisotopic (exact) mass is 317 g/mol. The van der Waals surface area contributed by atoms with E-state index in [0.29, 0.717) is 18.0 Å². The molecule has 0 fully saturated rings. The van der Waals surface area contributed by atoms with Crippen molar-refractivity contribution >= 4 is 17.5 Å². The number of benzene rings is 2. The van der Waals surface area contributed by atoms with Crippen molar-refractivity contribution < 1.29 is 9.90 Å². The summed E-state index contributed by atoms with van der Waals surface area (Å²) in [5.41, 5.74) is 1.93. The Labute approximate surface area is 135 Å². The van der Waals surface area contributed by atoms with Crippen molar-refractivity contribution in [3.05, 3.63) is 70.2 Å². The van der Waals surface area contributed by atoms with Crippen LogP contribution in [0, 0.1) is 0 Å². The van der Waals surface area contributed by atoms with E-state index in [1.54, 1.807) is 26.0 Å². The number of halogens is 1. The molecule has 2 aromatic carbocycles. The Hall–Kier alpha value is -1.84. The van der Waals surface area contributed by atoms with Crippen molar-refractivity contribution in [2.75, 3.05) is 0 Å². The smallest absolute Gasteiger partial charge is 0.224 e. The molecule has 0 saturated carbocycles. The van der Waals surface area contributed by atoms with Gasteiger partial charge in [-0.25, -0.2) is 0 Å². The average Bonchev–Trinajstić information content (AvgIpc) is 2.47. The maximum atomic E-state index is 11.9. The lowest BCUT2D eigenvalue weighted by molar-refractivity contribution is -0.120. The van der Waals surface area contributed by atoms with Gasteiger partial charge in [-0.15, -0.1) is 0 Å². The third-order valence-electron chi connectivity index (χ3n) is 3.43. The second-order valence-corrected chi connectivity index (χ2v) is 6.27. The van der Waals surface area contributed by atoms with E-state index in [9.17, 15) is 9.90 Å². The van der Waals surface area contributed by atoms with Crippen molar-refractivity contribution in [1.29, 1.82) is 0 Å². The lowest BCUT2D eigenvalue weighted by Crippen LogP contribution is -2.24. The molecule has 0 atom stereocenters. The Morgan fingerprint density at radius 3 is 2.14 bits per heavy atom. The number of aliphatic hydroxyl groups is 1. The summed E-state index contributed by atoms with van der Waals surface area (Å²) in [5.74, 6) is -0.0334. The summed E-state index contributed by atoms with van der Waals surface area (Å²) in [5, 5.41) is 13.5. The fourth-order valence-electron chi connectivity index (χ4n) is 2.08. The number of carbonyl (C=O) groups is 1. The minimum atomic E-state index is -0.851. The highest BCUT2D eigenvalue weighted by molar-refractivity contribution is 6.30. The maximum Gasteiger partial charge on any atom is 0.224 e. The summed E-state index contributed by atoms with van der Waals surface area (Å²) in [6.45, 7) is 3.96. The molecule has 0 aliphatic carbocycles. The van der Waals surface area contributed by atoms with Crippen LogP contribution in [0.2, 0.25) is 5.02 Å². The molecule has 2 N–H and O–H groups in total. The zero-order valence-corrected chi connectivity index (χ0v) is 13.5. The lowest BCUT2D eigenvalue weighted by atomic mass is 9.97. The summed E-state index contributed by atoms with van der Waals surface area (Å²) in [7, 11) is 0. The van der Waals surface area contributed by atoms with Crippen LogP contribution in [-0.2, 0) is 23.4 Å². The fourth-order valence-corrected chi connectivity index (χ4v) is 2.21. The molecule has 0 unspecified atom stereocenters. The van der Waals surface area contributed by atoms with Crippen LogP contribution in [-0.4, -0.2) is 11.0 Å². The second kappa shape index (κ2) is 6.95. The molecule has 3 nitrogen and oxygen atoms in total. The second-order valence-electron chi connectivity index (χ2n) is 5.84. The molecule has 22 heavy (non-hydrogen) atoms. The number of rotatable bonds is 5. The normalized spacial score (nSPS) is 11.3. The van der Waals surface area contributed by atoms with Crippen molar-refractivity contribution in [3.63, 3.8) is 0 Å². The third kappa shape index (κ3) is 4.86. The predicted molar refractivity (Wildman–Crippen MR) is 88.7 cm³/mol. The van der Waals surface area contributed by atoms with E-state index in [0.717, 1.165) is 16.7 Å². The summed E-state index contributed by atoms with van der Waals surface area (Å²) in [4.78, 5) is 11.9. The van der Waals surface area contributed by atoms with Gasteiger partial charge in [-0.3, -0.25) is 4.79 Å². The van der Waals surface area contributed by atoms with E-state index < -0.39 is 5.60 Å². The van der Waals surface area contributed by atoms with Crippen LogP contribution in [0.25, 0.3) is 0 Å². The van der Waals surface area contributed by atoms with Crippen molar-refractivity contribution in [1.82, 2.24) is 5.32 Å². The van der Waals surface area contributed by atoms with Gasteiger partial charge < -0.3 is 10.4 Å². The molecule has 0 aliphatic rings. The van der Waals surface area contributed by atoms with Crippen LogP contribution in [0.1, 0.15) is 30.5 Å². The Kier molecular flexibility index (Phi) is 5.22. The van der Waals surface area contributed by atoms with E-state index in [1.165, 1.54) is 0 Å². The van der Waals surface area contributed by atoms with Gasteiger partial charge in [0.1, 0.15) is 0 Å². The molecule has 116 valence electrons. The summed E-state index contributed by atoms with van der Waals surface area (Å²) in [6.07, 6.45) is 0.332. The molecule has 0 bridgehead atoms. The topological polar surface area (TPSA) is 49.3 Å². The van der Waals surface area contributed by atoms with Crippen LogP contribution >= 0.6 is 11.6 Å². The first kappa shape index (κ1) is 16.5. The standard InChI is InChI=1S/C18H20ClNO2/c1-18(2,22)15-7-3-14(4-8-15)12-20-17(21)11-13-5-9-16(19)10-6-13/h3-10,22H,11-12H2,1-2H3,(H,20,21). The fraction of sp³-hybridized carbons (Fsp3) is 0.278. The lowest BCUT2D eigenvalue weighted by Gasteiger charge is -2.18. The van der Waals surface area contributed by atoms with Gasteiger partial charge in [0, 0.05) is 11.6 Å². The van der Waals surface area contributed by atoms with Crippen LogP contribution in [0.5, 0.6) is 0 Å². The van der Waals surface area contributed by atoms with E-state index >= 15 is 0 Å². The van der Waals surface area contributed by atoms with Gasteiger partial charge >= 0.3 is 0 Å². The molecule has 0 aromatic heterocycles. The Balaban J connectivity index is 1.87. The minimum absolute atomic E-state index is 0.0334. The van der Waals surface area contributed by atoms with Crippen LogP contribution in [0.4, 0.5) is 0 Å². The van der Waals surface area contributed by atoms with E-state index in [1.807, 2.05) is 36.4 Å². The number of amides is 1. The molecular weight excluding hydrogens is 298 g/mol. The van der Waals surface area contributed by atoms with Crippen molar-refractivity contribution in [2.45, 2.75) is 32.4 Å². The third-order valence-corrected chi connectivity index (χ3v) is 3.68. The molecule has 0 aliphatic heterocycles. The first-order valence-electron chi connectivity index (χ1n) is 7.17. The number of hydrogen-bond acceptors (Lipinski definition) is 2. The summed E-state index contributed by atoms with van der Waals surface area (Å²) < 4.78 is 0. The van der Waals surface area contributed by atoms with Crippen molar-refractivity contribution in [2.24, 2.45) is 0 Å². The summed E-state index contributed by atoms with van der Waals surface area (Å²) in [6, 6.07) is 14.8. The van der Waals surface area contributed by atoms with Gasteiger partial charge in [0.05, 0.1) is 12.0 Å². The molecule has 2 aromatic rings. The molecule has 2 rings (SSSR count). The molecule has 0 saturated heterocycles. The summed E-state index contributed by atoms with van der Waals surface area (Å²) >= 11 is 5.82. The van der Waals surface area contributed by atoms with Gasteiger partial charge in [0.2, 0.25) is 5.91 Å². The largest absolute Gasteiger partial charge is 0.386 e. The Morgan fingerprint density at radius 1 is 1.05 bits per heavy atom. The maximum absolute atomic E-state index is 11.9.